The van der Waals surface area contributed by atoms with E-state index in [0.29, 0.717) is 6.42 Å². The number of carbonyl (C=O) groups is 1. The molecular formula is C19H29NO3. The summed E-state index contributed by atoms with van der Waals surface area (Å²) in [7, 11) is 0. The van der Waals surface area contributed by atoms with Gasteiger partial charge in [0.15, 0.2) is 0 Å². The van der Waals surface area contributed by atoms with Gasteiger partial charge in [-0.2, -0.15) is 0 Å². The Bertz CT molecular complexity index is 548. The van der Waals surface area contributed by atoms with Crippen molar-refractivity contribution < 1.29 is 14.6 Å². The molecule has 1 aromatic rings. The molecule has 2 rings (SSSR count). The van der Waals surface area contributed by atoms with Gasteiger partial charge in [0.2, 0.25) is 0 Å². The van der Waals surface area contributed by atoms with E-state index in [2.05, 4.69) is 44.3 Å². The zero-order valence-electron chi connectivity index (χ0n) is 14.7. The number of benzene rings is 1. The fraction of sp³-hybridized carbons (Fsp3) is 0.632. The number of carboxylic acid groups (broad SMARTS) is 1. The second-order valence-electron chi connectivity index (χ2n) is 7.70. The van der Waals surface area contributed by atoms with E-state index in [0.717, 1.165) is 37.2 Å². The summed E-state index contributed by atoms with van der Waals surface area (Å²) in [4.78, 5) is 11.5. The van der Waals surface area contributed by atoms with Crippen LogP contribution in [0.3, 0.4) is 0 Å². The molecule has 0 aliphatic carbocycles. The lowest BCUT2D eigenvalue weighted by Gasteiger charge is -2.25. The number of rotatable bonds is 6. The Kier molecular flexibility index (Phi) is 5.69. The third kappa shape index (κ3) is 5.24. The highest BCUT2D eigenvalue weighted by Crippen LogP contribution is 2.29. The van der Waals surface area contributed by atoms with Crippen LogP contribution >= 0.6 is 0 Å². The van der Waals surface area contributed by atoms with Crippen molar-refractivity contribution in [2.45, 2.75) is 65.5 Å². The van der Waals surface area contributed by atoms with Gasteiger partial charge in [-0.1, -0.05) is 32.9 Å². The van der Waals surface area contributed by atoms with E-state index >= 15 is 0 Å². The van der Waals surface area contributed by atoms with Crippen molar-refractivity contribution >= 4 is 5.97 Å². The van der Waals surface area contributed by atoms with Crippen molar-refractivity contribution in [2.24, 2.45) is 5.41 Å². The Morgan fingerprint density at radius 3 is 2.78 bits per heavy atom. The molecule has 1 aliphatic rings. The maximum atomic E-state index is 11.5. The van der Waals surface area contributed by atoms with Crippen molar-refractivity contribution in [3.8, 4) is 5.75 Å². The topological polar surface area (TPSA) is 58.6 Å². The molecule has 0 saturated heterocycles. The van der Waals surface area contributed by atoms with Gasteiger partial charge < -0.3 is 9.84 Å². The number of ether oxygens (including phenoxy) is 1. The Morgan fingerprint density at radius 1 is 1.39 bits per heavy atom. The van der Waals surface area contributed by atoms with Crippen LogP contribution in [0.4, 0.5) is 0 Å². The van der Waals surface area contributed by atoms with Crippen molar-refractivity contribution in [3.05, 3.63) is 29.3 Å². The van der Waals surface area contributed by atoms with Gasteiger partial charge in [-0.3, -0.25) is 10.1 Å². The number of hydrogen-bond donors (Lipinski definition) is 2. The van der Waals surface area contributed by atoms with E-state index in [4.69, 9.17) is 4.74 Å². The predicted octanol–water partition coefficient (Wildman–Crippen LogP) is 3.94. The van der Waals surface area contributed by atoms with Crippen LogP contribution in [-0.4, -0.2) is 23.7 Å². The lowest BCUT2D eigenvalue weighted by molar-refractivity contribution is -0.140. The molecule has 0 amide bonds. The molecule has 1 aromatic carbocycles. The van der Waals surface area contributed by atoms with E-state index in [1.807, 2.05) is 6.92 Å². The number of nitrogens with one attached hydrogen (secondary N) is 1. The van der Waals surface area contributed by atoms with Crippen LogP contribution < -0.4 is 10.1 Å². The Morgan fingerprint density at radius 2 is 2.13 bits per heavy atom. The summed E-state index contributed by atoms with van der Waals surface area (Å²) in [5.41, 5.74) is 2.46. The molecule has 0 saturated carbocycles. The highest BCUT2D eigenvalue weighted by molar-refractivity contribution is 5.73. The number of fused-ring (bicyclic) bond motifs is 1. The van der Waals surface area contributed by atoms with Crippen LogP contribution in [0.5, 0.6) is 5.75 Å². The molecule has 4 heteroatoms. The maximum absolute atomic E-state index is 11.5. The smallest absolute Gasteiger partial charge is 0.320 e. The van der Waals surface area contributed by atoms with Crippen LogP contribution in [-0.2, 0) is 11.2 Å². The van der Waals surface area contributed by atoms with Gasteiger partial charge in [0.05, 0.1) is 6.61 Å². The first-order valence-electron chi connectivity index (χ1n) is 8.51. The summed E-state index contributed by atoms with van der Waals surface area (Å²) < 4.78 is 5.71. The molecule has 128 valence electrons. The highest BCUT2D eigenvalue weighted by atomic mass is 16.5. The van der Waals surface area contributed by atoms with Gasteiger partial charge in [-0.05, 0) is 55.2 Å². The minimum Gasteiger partial charge on any atom is -0.493 e. The van der Waals surface area contributed by atoms with Crippen LogP contribution in [0.15, 0.2) is 18.2 Å². The second kappa shape index (κ2) is 7.35. The number of aliphatic carboxylic acids is 1. The van der Waals surface area contributed by atoms with Gasteiger partial charge in [0, 0.05) is 6.04 Å². The van der Waals surface area contributed by atoms with Gasteiger partial charge >= 0.3 is 5.97 Å². The highest BCUT2D eigenvalue weighted by Gasteiger charge is 2.23. The van der Waals surface area contributed by atoms with Gasteiger partial charge in [-0.15, -0.1) is 0 Å². The number of hydrogen-bond acceptors (Lipinski definition) is 3. The summed E-state index contributed by atoms with van der Waals surface area (Å²) in [6, 6.07) is 5.68. The SMILES string of the molecule is C[C@H](N[C@@H](CCC(C)(C)C)C(=O)O)c1ccc2c(c1)OCCC2. The monoisotopic (exact) mass is 319 g/mol. The molecule has 2 atom stereocenters. The minimum atomic E-state index is -0.782. The summed E-state index contributed by atoms with van der Waals surface area (Å²) in [6.45, 7) is 9.18. The maximum Gasteiger partial charge on any atom is 0.320 e. The number of carboxylic acids is 1. The summed E-state index contributed by atoms with van der Waals surface area (Å²) in [5, 5.41) is 12.7. The van der Waals surface area contributed by atoms with Gasteiger partial charge in [-0.25, -0.2) is 0 Å². The van der Waals surface area contributed by atoms with E-state index < -0.39 is 12.0 Å². The first kappa shape index (κ1) is 17.8. The van der Waals surface area contributed by atoms with Crippen molar-refractivity contribution in [1.82, 2.24) is 5.32 Å². The second-order valence-corrected chi connectivity index (χ2v) is 7.70. The fourth-order valence-corrected chi connectivity index (χ4v) is 2.88. The molecule has 1 heterocycles. The largest absolute Gasteiger partial charge is 0.493 e. The number of aryl methyl sites for hydroxylation is 1. The third-order valence-electron chi connectivity index (χ3n) is 4.37. The molecule has 0 bridgehead atoms. The minimum absolute atomic E-state index is 0.0214. The molecule has 23 heavy (non-hydrogen) atoms. The molecule has 4 nitrogen and oxygen atoms in total. The molecule has 2 N–H and O–H groups in total. The third-order valence-corrected chi connectivity index (χ3v) is 4.37. The van der Waals surface area contributed by atoms with Gasteiger partial charge in [0.1, 0.15) is 11.8 Å². The summed E-state index contributed by atoms with van der Waals surface area (Å²) in [6.07, 6.45) is 3.62. The van der Waals surface area contributed by atoms with Crippen LogP contribution in [0.25, 0.3) is 0 Å². The summed E-state index contributed by atoms with van der Waals surface area (Å²) >= 11 is 0. The van der Waals surface area contributed by atoms with E-state index in [-0.39, 0.29) is 11.5 Å². The lowest BCUT2D eigenvalue weighted by atomic mass is 9.88. The Balaban J connectivity index is 2.03. The van der Waals surface area contributed by atoms with E-state index in [9.17, 15) is 9.90 Å². The zero-order chi connectivity index (χ0) is 17.0. The molecule has 0 fully saturated rings. The van der Waals surface area contributed by atoms with Crippen molar-refractivity contribution in [2.75, 3.05) is 6.61 Å². The lowest BCUT2D eigenvalue weighted by Crippen LogP contribution is -2.39. The quantitative estimate of drug-likeness (QED) is 0.834. The van der Waals surface area contributed by atoms with Crippen molar-refractivity contribution in [1.29, 1.82) is 0 Å². The average Bonchev–Trinajstić information content (AvgIpc) is 2.49. The first-order valence-corrected chi connectivity index (χ1v) is 8.51. The van der Waals surface area contributed by atoms with Gasteiger partial charge in [0.25, 0.3) is 0 Å². The molecule has 0 radical (unpaired) electrons. The average molecular weight is 319 g/mol. The molecule has 0 spiro atoms. The Hall–Kier alpha value is -1.55. The zero-order valence-corrected chi connectivity index (χ0v) is 14.7. The van der Waals surface area contributed by atoms with E-state index in [1.165, 1.54) is 5.56 Å². The van der Waals surface area contributed by atoms with E-state index in [1.54, 1.807) is 0 Å². The molecule has 0 aromatic heterocycles. The first-order chi connectivity index (χ1) is 10.8. The standard InChI is InChI=1S/C19H29NO3/c1-13(20-16(18(21)22)9-10-19(2,3)4)15-8-7-14-6-5-11-23-17(14)12-15/h7-8,12-13,16,20H,5-6,9-11H2,1-4H3,(H,21,22)/t13-,16-/m0/s1. The van der Waals surface area contributed by atoms with Crippen LogP contribution in [0.1, 0.15) is 64.1 Å². The molecular weight excluding hydrogens is 290 g/mol. The Labute approximate surface area is 139 Å². The molecule has 0 unspecified atom stereocenters. The predicted molar refractivity (Wildman–Crippen MR) is 91.9 cm³/mol. The molecule has 1 aliphatic heterocycles. The van der Waals surface area contributed by atoms with Crippen molar-refractivity contribution in [3.63, 3.8) is 0 Å². The summed E-state index contributed by atoms with van der Waals surface area (Å²) in [5.74, 6) is 0.166. The normalized spacial score (nSPS) is 17.0. The van der Waals surface area contributed by atoms with Crippen LogP contribution in [0, 0.1) is 5.41 Å². The van der Waals surface area contributed by atoms with Crippen LogP contribution in [0.2, 0.25) is 0 Å². The fourth-order valence-electron chi connectivity index (χ4n) is 2.88.